The van der Waals surface area contributed by atoms with Crippen LogP contribution in [-0.2, 0) is 19.1 Å². The average Bonchev–Trinajstić information content (AvgIpc) is 3.10. The fraction of sp³-hybridized carbons (Fsp3) is 0.389. The largest absolute Gasteiger partial charge is 0.469 e. The van der Waals surface area contributed by atoms with Crippen LogP contribution in [0.25, 0.3) is 0 Å². The Morgan fingerprint density at radius 2 is 2.24 bits per heavy atom. The Balaban J connectivity index is 2.18. The van der Waals surface area contributed by atoms with E-state index < -0.39 is 18.1 Å². The van der Waals surface area contributed by atoms with Crippen molar-refractivity contribution < 1.29 is 19.1 Å². The van der Waals surface area contributed by atoms with Gasteiger partial charge in [-0.25, -0.2) is 0 Å². The van der Waals surface area contributed by atoms with Crippen LogP contribution in [0, 0.1) is 0 Å². The molecule has 25 heavy (non-hydrogen) atoms. The van der Waals surface area contributed by atoms with Crippen LogP contribution >= 0.6 is 11.6 Å². The molecule has 2 rings (SSSR count). The number of methoxy groups -OCH3 is 1. The standard InChI is InChI=1S/C18H21ClN2O4/c1-3-16(22)21-9-5-8-15(21)18(24)20-14(11-17(23)25-2)12-6-4-7-13(19)10-12/h3-4,6-7,10,14-15H,1,5,8-9,11H2,2H3,(H,20,24). The Bertz CT molecular complexity index is 677. The lowest BCUT2D eigenvalue weighted by Crippen LogP contribution is -2.46. The van der Waals surface area contributed by atoms with E-state index in [0.717, 1.165) is 6.42 Å². The van der Waals surface area contributed by atoms with Gasteiger partial charge < -0.3 is 15.0 Å². The van der Waals surface area contributed by atoms with E-state index in [2.05, 4.69) is 11.9 Å². The zero-order valence-corrected chi connectivity index (χ0v) is 14.8. The summed E-state index contributed by atoms with van der Waals surface area (Å²) >= 11 is 6.01. The number of amides is 2. The van der Waals surface area contributed by atoms with Crippen LogP contribution in [0.15, 0.2) is 36.9 Å². The number of nitrogens with zero attached hydrogens (tertiary/aromatic N) is 1. The summed E-state index contributed by atoms with van der Waals surface area (Å²) in [6, 6.07) is 5.78. The number of benzene rings is 1. The minimum Gasteiger partial charge on any atom is -0.469 e. The molecule has 1 fully saturated rings. The monoisotopic (exact) mass is 364 g/mol. The summed E-state index contributed by atoms with van der Waals surface area (Å²) in [4.78, 5) is 37.8. The maximum absolute atomic E-state index is 12.7. The van der Waals surface area contributed by atoms with Crippen LogP contribution in [0.3, 0.4) is 0 Å². The molecule has 1 N–H and O–H groups in total. The van der Waals surface area contributed by atoms with Gasteiger partial charge >= 0.3 is 5.97 Å². The maximum Gasteiger partial charge on any atom is 0.307 e. The molecule has 1 aromatic rings. The van der Waals surface area contributed by atoms with Crippen LogP contribution in [0.5, 0.6) is 0 Å². The van der Waals surface area contributed by atoms with Gasteiger partial charge in [0.25, 0.3) is 0 Å². The molecule has 1 aliphatic rings. The van der Waals surface area contributed by atoms with Crippen molar-refractivity contribution >= 4 is 29.4 Å². The number of hydrogen-bond donors (Lipinski definition) is 1. The number of halogens is 1. The number of rotatable bonds is 6. The van der Waals surface area contributed by atoms with Crippen molar-refractivity contribution in [2.75, 3.05) is 13.7 Å². The van der Waals surface area contributed by atoms with Crippen LogP contribution in [0.1, 0.15) is 30.9 Å². The van der Waals surface area contributed by atoms with Crippen molar-refractivity contribution in [1.82, 2.24) is 10.2 Å². The smallest absolute Gasteiger partial charge is 0.307 e. The fourth-order valence-electron chi connectivity index (χ4n) is 2.91. The van der Waals surface area contributed by atoms with Gasteiger partial charge in [0.15, 0.2) is 0 Å². The highest BCUT2D eigenvalue weighted by atomic mass is 35.5. The molecule has 134 valence electrons. The van der Waals surface area contributed by atoms with Gasteiger partial charge in [-0.1, -0.05) is 30.3 Å². The molecule has 7 heteroatoms. The van der Waals surface area contributed by atoms with E-state index in [-0.39, 0.29) is 18.2 Å². The molecule has 0 bridgehead atoms. The van der Waals surface area contributed by atoms with E-state index in [1.807, 2.05) is 0 Å². The summed E-state index contributed by atoms with van der Waals surface area (Å²) in [5.41, 5.74) is 0.700. The normalized spacial score (nSPS) is 17.7. The first-order valence-corrected chi connectivity index (χ1v) is 8.39. The maximum atomic E-state index is 12.7. The minimum atomic E-state index is -0.583. The summed E-state index contributed by atoms with van der Waals surface area (Å²) in [7, 11) is 1.29. The van der Waals surface area contributed by atoms with Gasteiger partial charge in [-0.05, 0) is 36.6 Å². The summed E-state index contributed by atoms with van der Waals surface area (Å²) in [5, 5.41) is 3.36. The van der Waals surface area contributed by atoms with Crippen molar-refractivity contribution in [2.45, 2.75) is 31.3 Å². The first kappa shape index (κ1) is 19.0. The average molecular weight is 365 g/mol. The third-order valence-corrected chi connectivity index (χ3v) is 4.41. The molecule has 0 saturated carbocycles. The van der Waals surface area contributed by atoms with Gasteiger partial charge in [0.2, 0.25) is 11.8 Å². The SMILES string of the molecule is C=CC(=O)N1CCCC1C(=O)NC(CC(=O)OC)c1cccc(Cl)c1. The van der Waals surface area contributed by atoms with E-state index in [1.54, 1.807) is 24.3 Å². The van der Waals surface area contributed by atoms with E-state index in [1.165, 1.54) is 18.1 Å². The summed E-state index contributed by atoms with van der Waals surface area (Å²) in [6.45, 7) is 3.98. The zero-order chi connectivity index (χ0) is 18.4. The van der Waals surface area contributed by atoms with Crippen molar-refractivity contribution in [3.05, 3.63) is 47.5 Å². The highest BCUT2D eigenvalue weighted by Crippen LogP contribution is 2.23. The van der Waals surface area contributed by atoms with Gasteiger partial charge in [0, 0.05) is 11.6 Å². The Morgan fingerprint density at radius 1 is 1.48 bits per heavy atom. The third kappa shape index (κ3) is 4.82. The molecule has 0 spiro atoms. The van der Waals surface area contributed by atoms with Gasteiger partial charge in [0.1, 0.15) is 6.04 Å². The lowest BCUT2D eigenvalue weighted by molar-refractivity contribution is -0.142. The van der Waals surface area contributed by atoms with Crippen molar-refractivity contribution in [1.29, 1.82) is 0 Å². The van der Waals surface area contributed by atoms with Gasteiger partial charge in [-0.2, -0.15) is 0 Å². The molecule has 2 atom stereocenters. The van der Waals surface area contributed by atoms with Gasteiger partial charge in [-0.3, -0.25) is 14.4 Å². The lowest BCUT2D eigenvalue weighted by Gasteiger charge is -2.26. The molecular weight excluding hydrogens is 344 g/mol. The highest BCUT2D eigenvalue weighted by Gasteiger charge is 2.34. The molecule has 2 amide bonds. The molecular formula is C18H21ClN2O4. The number of carbonyl (C=O) groups is 3. The summed E-state index contributed by atoms with van der Waals surface area (Å²) in [6.07, 6.45) is 2.50. The summed E-state index contributed by atoms with van der Waals surface area (Å²) < 4.78 is 4.72. The van der Waals surface area contributed by atoms with Crippen LogP contribution < -0.4 is 5.32 Å². The third-order valence-electron chi connectivity index (χ3n) is 4.18. The lowest BCUT2D eigenvalue weighted by atomic mass is 10.0. The number of likely N-dealkylation sites (tertiary alicyclic amines) is 1. The van der Waals surface area contributed by atoms with Gasteiger partial charge in [-0.15, -0.1) is 0 Å². The molecule has 1 aliphatic heterocycles. The molecule has 1 saturated heterocycles. The molecule has 1 heterocycles. The Labute approximate surface area is 151 Å². The Kier molecular flexibility index (Phi) is 6.58. The van der Waals surface area contributed by atoms with Crippen molar-refractivity contribution in [3.8, 4) is 0 Å². The molecule has 0 aromatic heterocycles. The number of hydrogen-bond acceptors (Lipinski definition) is 4. The number of carbonyl (C=O) groups excluding carboxylic acids is 3. The number of esters is 1. The molecule has 1 aromatic carbocycles. The predicted molar refractivity (Wildman–Crippen MR) is 93.9 cm³/mol. The molecule has 6 nitrogen and oxygen atoms in total. The van der Waals surface area contributed by atoms with Crippen molar-refractivity contribution in [2.24, 2.45) is 0 Å². The zero-order valence-electron chi connectivity index (χ0n) is 14.0. The van der Waals surface area contributed by atoms with Crippen molar-refractivity contribution in [3.63, 3.8) is 0 Å². The second kappa shape index (κ2) is 8.67. The summed E-state index contributed by atoms with van der Waals surface area (Å²) in [5.74, 6) is -1.03. The minimum absolute atomic E-state index is 0.0231. The topological polar surface area (TPSA) is 75.7 Å². The van der Waals surface area contributed by atoms with E-state index in [4.69, 9.17) is 16.3 Å². The number of nitrogens with one attached hydrogen (secondary N) is 1. The Hall–Kier alpha value is -2.34. The second-order valence-corrected chi connectivity index (χ2v) is 6.23. The van der Waals surface area contributed by atoms with Crippen LogP contribution in [-0.4, -0.2) is 42.4 Å². The van der Waals surface area contributed by atoms with E-state index in [9.17, 15) is 14.4 Å². The van der Waals surface area contributed by atoms with E-state index >= 15 is 0 Å². The van der Waals surface area contributed by atoms with Crippen LogP contribution in [0.4, 0.5) is 0 Å². The molecule has 2 unspecified atom stereocenters. The van der Waals surface area contributed by atoms with Crippen LogP contribution in [0.2, 0.25) is 5.02 Å². The first-order valence-electron chi connectivity index (χ1n) is 8.02. The van der Waals surface area contributed by atoms with E-state index in [0.29, 0.717) is 23.6 Å². The first-order chi connectivity index (χ1) is 12.0. The highest BCUT2D eigenvalue weighted by molar-refractivity contribution is 6.30. The van der Waals surface area contributed by atoms with Gasteiger partial charge in [0.05, 0.1) is 19.6 Å². The fourth-order valence-corrected chi connectivity index (χ4v) is 3.11. The predicted octanol–water partition coefficient (Wildman–Crippen LogP) is 2.24. The number of ether oxygens (including phenoxy) is 1. The molecule has 0 aliphatic carbocycles. The Morgan fingerprint density at radius 3 is 2.88 bits per heavy atom. The molecule has 0 radical (unpaired) electrons. The second-order valence-electron chi connectivity index (χ2n) is 5.79. The quantitative estimate of drug-likeness (QED) is 0.620.